The van der Waals surface area contributed by atoms with E-state index in [1.165, 1.54) is 4.90 Å². The average molecular weight is 324 g/mol. The standard InChI is InChI=1S/C19H20N2O3/c1-13(15-8-4-6-14-5-2-3-7-16(14)15)20-17(22)11-12-21-18(23)9-10-19(21)24/h2-8,13H,9-12H2,1H3,(H,20,22). The third kappa shape index (κ3) is 3.30. The number of carbonyl (C=O) groups excluding carboxylic acids is 3. The van der Waals surface area contributed by atoms with Crippen LogP contribution in [0.25, 0.3) is 10.8 Å². The van der Waals surface area contributed by atoms with E-state index in [1.807, 2.05) is 49.4 Å². The molecule has 5 nitrogen and oxygen atoms in total. The largest absolute Gasteiger partial charge is 0.350 e. The van der Waals surface area contributed by atoms with Gasteiger partial charge in [0.1, 0.15) is 0 Å². The van der Waals surface area contributed by atoms with Crippen LogP contribution in [0, 0.1) is 0 Å². The molecule has 1 heterocycles. The molecule has 2 aromatic rings. The van der Waals surface area contributed by atoms with E-state index in [2.05, 4.69) is 5.32 Å². The van der Waals surface area contributed by atoms with E-state index in [9.17, 15) is 14.4 Å². The summed E-state index contributed by atoms with van der Waals surface area (Å²) in [6.45, 7) is 2.09. The number of nitrogens with one attached hydrogen (secondary N) is 1. The number of nitrogens with zero attached hydrogens (tertiary/aromatic N) is 1. The highest BCUT2D eigenvalue weighted by atomic mass is 16.2. The fraction of sp³-hybridized carbons (Fsp3) is 0.316. The predicted octanol–water partition coefficient (Wildman–Crippen LogP) is 2.56. The Labute approximate surface area is 140 Å². The SMILES string of the molecule is CC(NC(=O)CCN1C(=O)CCC1=O)c1cccc2ccccc12. The molecular formula is C19H20N2O3. The first-order chi connectivity index (χ1) is 11.6. The minimum atomic E-state index is -0.185. The maximum absolute atomic E-state index is 12.2. The van der Waals surface area contributed by atoms with Crippen LogP contribution in [0.1, 0.15) is 37.8 Å². The number of rotatable bonds is 5. The topological polar surface area (TPSA) is 66.5 Å². The summed E-state index contributed by atoms with van der Waals surface area (Å²) < 4.78 is 0. The van der Waals surface area contributed by atoms with Crippen molar-refractivity contribution < 1.29 is 14.4 Å². The predicted molar refractivity (Wildman–Crippen MR) is 91.1 cm³/mol. The van der Waals surface area contributed by atoms with Crippen molar-refractivity contribution in [3.05, 3.63) is 48.0 Å². The summed E-state index contributed by atoms with van der Waals surface area (Å²) in [7, 11) is 0. The Bertz CT molecular complexity index is 779. The highest BCUT2D eigenvalue weighted by Crippen LogP contribution is 2.24. The van der Waals surface area contributed by atoms with E-state index in [0.717, 1.165) is 16.3 Å². The second-order valence-corrected chi connectivity index (χ2v) is 6.05. The number of imide groups is 1. The molecule has 2 aromatic carbocycles. The Morgan fingerprint density at radius 2 is 1.75 bits per heavy atom. The summed E-state index contributed by atoms with van der Waals surface area (Å²) >= 11 is 0. The van der Waals surface area contributed by atoms with Crippen molar-refractivity contribution in [1.29, 1.82) is 0 Å². The molecule has 1 fully saturated rings. The molecule has 3 rings (SSSR count). The van der Waals surface area contributed by atoms with Crippen molar-refractivity contribution in [3.8, 4) is 0 Å². The summed E-state index contributed by atoms with van der Waals surface area (Å²) in [6.07, 6.45) is 0.645. The van der Waals surface area contributed by atoms with Crippen LogP contribution >= 0.6 is 0 Å². The monoisotopic (exact) mass is 324 g/mol. The lowest BCUT2D eigenvalue weighted by atomic mass is 9.99. The van der Waals surface area contributed by atoms with Gasteiger partial charge in [-0.05, 0) is 23.3 Å². The van der Waals surface area contributed by atoms with Crippen molar-refractivity contribution in [2.45, 2.75) is 32.2 Å². The van der Waals surface area contributed by atoms with Gasteiger partial charge in [-0.2, -0.15) is 0 Å². The second kappa shape index (κ2) is 6.83. The van der Waals surface area contributed by atoms with E-state index in [4.69, 9.17) is 0 Å². The lowest BCUT2D eigenvalue weighted by Gasteiger charge is -2.18. The van der Waals surface area contributed by atoms with Crippen molar-refractivity contribution in [3.63, 3.8) is 0 Å². The minimum absolute atomic E-state index is 0.132. The molecule has 0 bridgehead atoms. The van der Waals surface area contributed by atoms with Gasteiger partial charge in [-0.15, -0.1) is 0 Å². The van der Waals surface area contributed by atoms with Gasteiger partial charge in [0.15, 0.2) is 0 Å². The highest BCUT2D eigenvalue weighted by molar-refractivity contribution is 6.02. The van der Waals surface area contributed by atoms with E-state index < -0.39 is 0 Å². The van der Waals surface area contributed by atoms with Crippen LogP contribution < -0.4 is 5.32 Å². The molecular weight excluding hydrogens is 304 g/mol. The minimum Gasteiger partial charge on any atom is -0.350 e. The zero-order chi connectivity index (χ0) is 17.1. The zero-order valence-electron chi connectivity index (χ0n) is 13.6. The molecule has 5 heteroatoms. The second-order valence-electron chi connectivity index (χ2n) is 6.05. The molecule has 3 amide bonds. The van der Waals surface area contributed by atoms with Gasteiger partial charge in [0.25, 0.3) is 0 Å². The van der Waals surface area contributed by atoms with E-state index in [-0.39, 0.29) is 49.6 Å². The number of benzene rings is 2. The summed E-state index contributed by atoms with van der Waals surface area (Å²) in [6, 6.07) is 13.9. The third-order valence-corrected chi connectivity index (χ3v) is 4.38. The van der Waals surface area contributed by atoms with Crippen molar-refractivity contribution in [1.82, 2.24) is 10.2 Å². The van der Waals surface area contributed by atoms with Crippen molar-refractivity contribution >= 4 is 28.5 Å². The maximum atomic E-state index is 12.2. The number of amides is 3. The highest BCUT2D eigenvalue weighted by Gasteiger charge is 2.28. The van der Waals surface area contributed by atoms with Gasteiger partial charge in [-0.1, -0.05) is 42.5 Å². The lowest BCUT2D eigenvalue weighted by Crippen LogP contribution is -2.34. The Balaban J connectivity index is 1.63. The number of hydrogen-bond donors (Lipinski definition) is 1. The molecule has 0 spiro atoms. The van der Waals surface area contributed by atoms with Crippen LogP contribution in [0.5, 0.6) is 0 Å². The van der Waals surface area contributed by atoms with Gasteiger partial charge < -0.3 is 5.32 Å². The first-order valence-electron chi connectivity index (χ1n) is 8.16. The van der Waals surface area contributed by atoms with Crippen LogP contribution in [0.4, 0.5) is 0 Å². The van der Waals surface area contributed by atoms with Gasteiger partial charge in [0.05, 0.1) is 6.04 Å². The van der Waals surface area contributed by atoms with Gasteiger partial charge >= 0.3 is 0 Å². The third-order valence-electron chi connectivity index (χ3n) is 4.38. The summed E-state index contributed by atoms with van der Waals surface area (Å²) in [5.41, 5.74) is 1.05. The number of carbonyl (C=O) groups is 3. The molecule has 0 aromatic heterocycles. The molecule has 0 radical (unpaired) electrons. The van der Waals surface area contributed by atoms with Gasteiger partial charge in [-0.25, -0.2) is 0 Å². The Morgan fingerprint density at radius 3 is 2.50 bits per heavy atom. The fourth-order valence-electron chi connectivity index (χ4n) is 3.11. The van der Waals surface area contributed by atoms with E-state index in [0.29, 0.717) is 0 Å². The van der Waals surface area contributed by atoms with Crippen LogP contribution in [0.3, 0.4) is 0 Å². The Kier molecular flexibility index (Phi) is 4.60. The molecule has 1 N–H and O–H groups in total. The lowest BCUT2D eigenvalue weighted by molar-refractivity contribution is -0.138. The van der Waals surface area contributed by atoms with Gasteiger partial charge in [0, 0.05) is 25.8 Å². The molecule has 1 saturated heterocycles. The van der Waals surface area contributed by atoms with Crippen LogP contribution in [0.15, 0.2) is 42.5 Å². The van der Waals surface area contributed by atoms with Crippen LogP contribution in [-0.4, -0.2) is 29.2 Å². The van der Waals surface area contributed by atoms with E-state index in [1.54, 1.807) is 0 Å². The quantitative estimate of drug-likeness (QED) is 0.860. The Hall–Kier alpha value is -2.69. The maximum Gasteiger partial charge on any atom is 0.229 e. The molecule has 1 unspecified atom stereocenters. The number of hydrogen-bond acceptors (Lipinski definition) is 3. The Morgan fingerprint density at radius 1 is 1.08 bits per heavy atom. The number of fused-ring (bicyclic) bond motifs is 1. The van der Waals surface area contributed by atoms with Gasteiger partial charge in [-0.3, -0.25) is 19.3 Å². The molecule has 124 valence electrons. The van der Waals surface area contributed by atoms with E-state index >= 15 is 0 Å². The smallest absolute Gasteiger partial charge is 0.229 e. The first-order valence-corrected chi connectivity index (χ1v) is 8.16. The molecule has 1 aliphatic heterocycles. The summed E-state index contributed by atoms with van der Waals surface area (Å²) in [5.74, 6) is -0.535. The zero-order valence-corrected chi connectivity index (χ0v) is 13.6. The molecule has 1 aliphatic rings. The summed E-state index contributed by atoms with van der Waals surface area (Å²) in [4.78, 5) is 36.5. The number of likely N-dealkylation sites (tertiary alicyclic amines) is 1. The average Bonchev–Trinajstić information content (AvgIpc) is 2.90. The van der Waals surface area contributed by atoms with Crippen molar-refractivity contribution in [2.75, 3.05) is 6.54 Å². The molecule has 1 atom stereocenters. The van der Waals surface area contributed by atoms with Gasteiger partial charge in [0.2, 0.25) is 17.7 Å². The normalized spacial score (nSPS) is 15.8. The summed E-state index contributed by atoms with van der Waals surface area (Å²) in [5, 5.41) is 5.19. The van der Waals surface area contributed by atoms with Crippen molar-refractivity contribution in [2.24, 2.45) is 0 Å². The fourth-order valence-corrected chi connectivity index (χ4v) is 3.11. The molecule has 24 heavy (non-hydrogen) atoms. The molecule has 0 aliphatic carbocycles. The first kappa shape index (κ1) is 16.2. The van der Waals surface area contributed by atoms with Crippen LogP contribution in [0.2, 0.25) is 0 Å². The van der Waals surface area contributed by atoms with Crippen LogP contribution in [-0.2, 0) is 14.4 Å². The molecule has 0 saturated carbocycles.